The van der Waals surface area contributed by atoms with E-state index in [2.05, 4.69) is 20.1 Å². The maximum atomic E-state index is 6.30. The van der Waals surface area contributed by atoms with Crippen molar-refractivity contribution in [2.45, 2.75) is 26.1 Å². The number of morpholine rings is 1. The quantitative estimate of drug-likeness (QED) is 0.839. The lowest BCUT2D eigenvalue weighted by Crippen LogP contribution is -2.43. The molecule has 2 aromatic heterocycles. The van der Waals surface area contributed by atoms with Gasteiger partial charge in [-0.25, -0.2) is 4.98 Å². The highest BCUT2D eigenvalue weighted by molar-refractivity contribution is 6.30. The summed E-state index contributed by atoms with van der Waals surface area (Å²) < 4.78 is 9.32. The van der Waals surface area contributed by atoms with E-state index in [1.165, 1.54) is 0 Å². The monoisotopic (exact) mass is 310 g/mol. The van der Waals surface area contributed by atoms with Crippen molar-refractivity contribution >= 4 is 11.6 Å². The number of hydrogen-bond acceptors (Lipinski definition) is 5. The summed E-state index contributed by atoms with van der Waals surface area (Å²) in [6.45, 7) is 5.99. The molecule has 8 heteroatoms. The first-order valence-corrected chi connectivity index (χ1v) is 7.35. The molecule has 114 valence electrons. The van der Waals surface area contributed by atoms with Crippen LogP contribution in [0.1, 0.15) is 11.3 Å². The highest BCUT2D eigenvalue weighted by Crippen LogP contribution is 2.21. The molecule has 0 unspecified atom stereocenters. The molecule has 1 atom stereocenters. The highest BCUT2D eigenvalue weighted by Gasteiger charge is 2.23. The van der Waals surface area contributed by atoms with Crippen LogP contribution in [0.3, 0.4) is 0 Å². The van der Waals surface area contributed by atoms with Crippen molar-refractivity contribution in [1.82, 2.24) is 29.4 Å². The van der Waals surface area contributed by atoms with Crippen LogP contribution in [0, 0.1) is 6.92 Å². The number of aryl methyl sites for hydroxylation is 2. The number of halogens is 1. The summed E-state index contributed by atoms with van der Waals surface area (Å²) in [7, 11) is 1.87. The molecule has 1 saturated heterocycles. The molecule has 0 spiro atoms. The normalized spacial score (nSPS) is 20.0. The van der Waals surface area contributed by atoms with Gasteiger partial charge in [0, 0.05) is 32.2 Å². The molecular weight excluding hydrogens is 292 g/mol. The number of hydrogen-bond donors (Lipinski definition) is 0. The fourth-order valence-corrected chi connectivity index (χ4v) is 2.88. The van der Waals surface area contributed by atoms with E-state index in [-0.39, 0.29) is 6.10 Å². The molecule has 0 aromatic carbocycles. The zero-order valence-corrected chi connectivity index (χ0v) is 13.0. The summed E-state index contributed by atoms with van der Waals surface area (Å²) in [6.07, 6.45) is 3.38. The molecule has 0 saturated carbocycles. The Morgan fingerprint density at radius 3 is 3.00 bits per heavy atom. The number of nitrogens with zero attached hydrogens (tertiary/aromatic N) is 6. The van der Waals surface area contributed by atoms with Crippen LogP contribution in [0.5, 0.6) is 0 Å². The Hall–Kier alpha value is -1.44. The molecule has 0 N–H and O–H groups in total. The number of ether oxygens (including phenoxy) is 1. The van der Waals surface area contributed by atoms with Crippen LogP contribution in [-0.4, -0.2) is 55.2 Å². The van der Waals surface area contributed by atoms with Crippen LogP contribution in [0.4, 0.5) is 0 Å². The molecule has 21 heavy (non-hydrogen) atoms. The van der Waals surface area contributed by atoms with E-state index in [9.17, 15) is 0 Å². The second kappa shape index (κ2) is 6.13. The van der Waals surface area contributed by atoms with E-state index in [0.717, 1.165) is 44.0 Å². The average Bonchev–Trinajstić information content (AvgIpc) is 3.04. The van der Waals surface area contributed by atoms with Crippen LogP contribution >= 0.6 is 11.6 Å². The molecule has 1 aliphatic rings. The molecule has 3 rings (SSSR count). The lowest BCUT2D eigenvalue weighted by atomic mass is 10.2. The minimum Gasteiger partial charge on any atom is -0.374 e. The summed E-state index contributed by atoms with van der Waals surface area (Å²) in [5.74, 6) is 0. The van der Waals surface area contributed by atoms with E-state index in [4.69, 9.17) is 16.3 Å². The van der Waals surface area contributed by atoms with Gasteiger partial charge in [0.15, 0.2) is 0 Å². The van der Waals surface area contributed by atoms with Crippen molar-refractivity contribution in [1.29, 1.82) is 0 Å². The third kappa shape index (κ3) is 3.25. The molecule has 0 radical (unpaired) electrons. The van der Waals surface area contributed by atoms with Gasteiger partial charge in [0.1, 0.15) is 17.8 Å². The molecule has 2 aromatic rings. The lowest BCUT2D eigenvalue weighted by molar-refractivity contribution is -0.0403. The van der Waals surface area contributed by atoms with Crippen molar-refractivity contribution in [2.75, 3.05) is 19.7 Å². The summed E-state index contributed by atoms with van der Waals surface area (Å²) in [6, 6.07) is 0. The molecule has 0 amide bonds. The van der Waals surface area contributed by atoms with Crippen LogP contribution < -0.4 is 0 Å². The first-order chi connectivity index (χ1) is 10.1. The van der Waals surface area contributed by atoms with Gasteiger partial charge in [0.05, 0.1) is 24.9 Å². The van der Waals surface area contributed by atoms with Gasteiger partial charge in [-0.2, -0.15) is 10.2 Å². The van der Waals surface area contributed by atoms with Gasteiger partial charge in [-0.15, -0.1) is 0 Å². The molecular formula is C13H19ClN6O. The maximum absolute atomic E-state index is 6.30. The highest BCUT2D eigenvalue weighted by atomic mass is 35.5. The van der Waals surface area contributed by atoms with E-state index in [1.807, 2.05) is 14.0 Å². The summed E-state index contributed by atoms with van der Waals surface area (Å²) >= 11 is 6.30. The molecule has 3 heterocycles. The van der Waals surface area contributed by atoms with Crippen LogP contribution in [0.15, 0.2) is 12.7 Å². The zero-order valence-electron chi connectivity index (χ0n) is 12.2. The lowest BCUT2D eigenvalue weighted by Gasteiger charge is -2.32. The topological polar surface area (TPSA) is 61.0 Å². The largest absolute Gasteiger partial charge is 0.374 e. The summed E-state index contributed by atoms with van der Waals surface area (Å²) in [4.78, 5) is 6.30. The molecule has 0 bridgehead atoms. The van der Waals surface area contributed by atoms with Gasteiger partial charge < -0.3 is 4.74 Å². The Morgan fingerprint density at radius 2 is 2.33 bits per heavy atom. The predicted molar refractivity (Wildman–Crippen MR) is 78.0 cm³/mol. The Labute approximate surface area is 128 Å². The van der Waals surface area contributed by atoms with Crippen molar-refractivity contribution in [3.8, 4) is 0 Å². The number of aromatic nitrogens is 5. The van der Waals surface area contributed by atoms with Gasteiger partial charge >= 0.3 is 0 Å². The van der Waals surface area contributed by atoms with Gasteiger partial charge in [-0.1, -0.05) is 11.6 Å². The van der Waals surface area contributed by atoms with Gasteiger partial charge in [0.25, 0.3) is 0 Å². The van der Waals surface area contributed by atoms with Crippen LogP contribution in [-0.2, 0) is 24.9 Å². The van der Waals surface area contributed by atoms with Crippen molar-refractivity contribution in [3.05, 3.63) is 29.1 Å². The standard InChI is InChI=1S/C13H19ClN6O/c1-10-12(13(14)18(2)17-10)7-19-3-4-21-11(5-19)6-20-9-15-8-16-20/h8-9,11H,3-7H2,1-2H3/t11-/m0/s1. The second-order valence-corrected chi connectivity index (χ2v) is 5.68. The van der Waals surface area contributed by atoms with E-state index < -0.39 is 0 Å². The first kappa shape index (κ1) is 14.5. The average molecular weight is 311 g/mol. The van der Waals surface area contributed by atoms with Crippen LogP contribution in [0.2, 0.25) is 5.15 Å². The van der Waals surface area contributed by atoms with Crippen molar-refractivity contribution in [2.24, 2.45) is 7.05 Å². The summed E-state index contributed by atoms with van der Waals surface area (Å²) in [5.41, 5.74) is 2.09. The van der Waals surface area contributed by atoms with Gasteiger partial charge in [-0.05, 0) is 6.92 Å². The smallest absolute Gasteiger partial charge is 0.137 e. The zero-order chi connectivity index (χ0) is 14.8. The SMILES string of the molecule is Cc1nn(C)c(Cl)c1CN1CCO[C@H](Cn2cncn2)C1. The molecule has 7 nitrogen and oxygen atoms in total. The van der Waals surface area contributed by atoms with Gasteiger partial charge in [0.2, 0.25) is 0 Å². The maximum Gasteiger partial charge on any atom is 0.137 e. The van der Waals surface area contributed by atoms with Crippen molar-refractivity contribution in [3.63, 3.8) is 0 Å². The van der Waals surface area contributed by atoms with E-state index in [1.54, 1.807) is 22.0 Å². The Kier molecular flexibility index (Phi) is 4.23. The third-order valence-corrected chi connectivity index (χ3v) is 4.20. The van der Waals surface area contributed by atoms with Crippen molar-refractivity contribution < 1.29 is 4.74 Å². The minimum absolute atomic E-state index is 0.121. The van der Waals surface area contributed by atoms with Gasteiger partial charge in [-0.3, -0.25) is 14.3 Å². The third-order valence-electron chi connectivity index (χ3n) is 3.73. The molecule has 1 aliphatic heterocycles. The summed E-state index contributed by atoms with van der Waals surface area (Å²) in [5, 5.41) is 9.20. The predicted octanol–water partition coefficient (Wildman–Crippen LogP) is 0.874. The minimum atomic E-state index is 0.121. The Bertz CT molecular complexity index is 596. The fraction of sp³-hybridized carbons (Fsp3) is 0.615. The molecule has 1 fully saturated rings. The van der Waals surface area contributed by atoms with E-state index >= 15 is 0 Å². The fourth-order valence-electron chi connectivity index (χ4n) is 2.65. The number of rotatable bonds is 4. The Balaban J connectivity index is 1.63. The first-order valence-electron chi connectivity index (χ1n) is 6.98. The van der Waals surface area contributed by atoms with E-state index in [0.29, 0.717) is 5.15 Å². The second-order valence-electron chi connectivity index (χ2n) is 5.32. The molecule has 0 aliphatic carbocycles. The van der Waals surface area contributed by atoms with Crippen LogP contribution in [0.25, 0.3) is 0 Å². The Morgan fingerprint density at radius 1 is 1.48 bits per heavy atom.